The van der Waals surface area contributed by atoms with E-state index in [4.69, 9.17) is 10.5 Å². The largest absolute Gasteiger partial charge is 0.486 e. The molecule has 2 unspecified atom stereocenters. The van der Waals surface area contributed by atoms with Crippen LogP contribution in [0.3, 0.4) is 0 Å². The van der Waals surface area contributed by atoms with Gasteiger partial charge in [0.05, 0.1) is 6.61 Å². The number of aliphatic hydroxyl groups is 1. The molecule has 3 heteroatoms. The fourth-order valence-corrected chi connectivity index (χ4v) is 1.91. The van der Waals surface area contributed by atoms with Crippen LogP contribution in [0.2, 0.25) is 0 Å². The molecule has 1 aromatic carbocycles. The second kappa shape index (κ2) is 6.76. The summed E-state index contributed by atoms with van der Waals surface area (Å²) in [5.74, 6) is 1.23. The maximum atomic E-state index is 9.38. The molecular formula is C15H25NO2. The van der Waals surface area contributed by atoms with E-state index in [1.807, 2.05) is 19.9 Å². The zero-order valence-corrected chi connectivity index (χ0v) is 11.8. The van der Waals surface area contributed by atoms with Crippen LogP contribution < -0.4 is 10.5 Å². The summed E-state index contributed by atoms with van der Waals surface area (Å²) in [6.07, 6.45) is 0.447. The summed E-state index contributed by atoms with van der Waals surface area (Å²) in [6.45, 7) is 8.23. The third-order valence-corrected chi connectivity index (χ3v) is 3.20. The summed E-state index contributed by atoms with van der Waals surface area (Å²) in [6, 6.07) is 6.04. The van der Waals surface area contributed by atoms with Crippen molar-refractivity contribution >= 4 is 0 Å². The van der Waals surface area contributed by atoms with E-state index in [0.717, 1.165) is 23.3 Å². The van der Waals surface area contributed by atoms with Crippen molar-refractivity contribution in [1.29, 1.82) is 0 Å². The molecule has 18 heavy (non-hydrogen) atoms. The van der Waals surface area contributed by atoms with Crippen LogP contribution in [0.25, 0.3) is 0 Å². The molecule has 0 spiro atoms. The second-order valence-corrected chi connectivity index (χ2v) is 5.11. The first-order chi connectivity index (χ1) is 8.49. The zero-order chi connectivity index (χ0) is 13.7. The maximum Gasteiger partial charge on any atom is 0.137 e. The standard InChI is InChI=1S/C15H25NO2/c1-5-13(16)15(9-17)18-14-8-11(4)6-7-12(14)10(2)3/h6-8,10,13,15,17H,5,9,16H2,1-4H3. The Morgan fingerprint density at radius 2 is 2.00 bits per heavy atom. The number of aryl methyl sites for hydroxylation is 1. The molecule has 0 heterocycles. The summed E-state index contributed by atoms with van der Waals surface area (Å²) in [4.78, 5) is 0. The fourth-order valence-electron chi connectivity index (χ4n) is 1.91. The van der Waals surface area contributed by atoms with Gasteiger partial charge in [-0.25, -0.2) is 0 Å². The van der Waals surface area contributed by atoms with Gasteiger partial charge in [0.25, 0.3) is 0 Å². The number of ether oxygens (including phenoxy) is 1. The number of benzene rings is 1. The molecule has 0 aliphatic heterocycles. The smallest absolute Gasteiger partial charge is 0.137 e. The van der Waals surface area contributed by atoms with Crippen molar-refractivity contribution in [2.45, 2.75) is 52.2 Å². The minimum Gasteiger partial charge on any atom is -0.486 e. The molecule has 1 rings (SSSR count). The van der Waals surface area contributed by atoms with E-state index < -0.39 is 0 Å². The minimum absolute atomic E-state index is 0.0551. The van der Waals surface area contributed by atoms with Crippen molar-refractivity contribution in [2.24, 2.45) is 5.73 Å². The zero-order valence-electron chi connectivity index (χ0n) is 11.8. The second-order valence-electron chi connectivity index (χ2n) is 5.11. The van der Waals surface area contributed by atoms with Crippen LogP contribution in [0.5, 0.6) is 5.75 Å². The number of aliphatic hydroxyl groups excluding tert-OH is 1. The third-order valence-electron chi connectivity index (χ3n) is 3.20. The van der Waals surface area contributed by atoms with Gasteiger partial charge >= 0.3 is 0 Å². The van der Waals surface area contributed by atoms with Crippen LogP contribution in [0.4, 0.5) is 0 Å². The molecule has 0 amide bonds. The Morgan fingerprint density at radius 3 is 2.50 bits per heavy atom. The van der Waals surface area contributed by atoms with Crippen LogP contribution in [0.15, 0.2) is 18.2 Å². The van der Waals surface area contributed by atoms with E-state index >= 15 is 0 Å². The van der Waals surface area contributed by atoms with Crippen LogP contribution in [0, 0.1) is 6.92 Å². The average Bonchev–Trinajstić information content (AvgIpc) is 2.34. The van der Waals surface area contributed by atoms with Gasteiger partial charge in [-0.2, -0.15) is 0 Å². The molecule has 0 fully saturated rings. The molecule has 0 bridgehead atoms. The van der Waals surface area contributed by atoms with Gasteiger partial charge in [-0.05, 0) is 36.5 Å². The molecule has 0 aliphatic carbocycles. The number of nitrogens with two attached hydrogens (primary N) is 1. The normalized spacial score (nSPS) is 14.6. The average molecular weight is 251 g/mol. The molecule has 3 N–H and O–H groups in total. The van der Waals surface area contributed by atoms with Crippen molar-refractivity contribution in [3.05, 3.63) is 29.3 Å². The number of hydrogen-bond acceptors (Lipinski definition) is 3. The molecule has 3 nitrogen and oxygen atoms in total. The predicted octanol–water partition coefficient (Wildman–Crippen LogP) is 2.60. The van der Waals surface area contributed by atoms with E-state index in [2.05, 4.69) is 26.0 Å². The van der Waals surface area contributed by atoms with Crippen molar-refractivity contribution in [1.82, 2.24) is 0 Å². The van der Waals surface area contributed by atoms with E-state index in [9.17, 15) is 5.11 Å². The molecule has 0 aliphatic rings. The lowest BCUT2D eigenvalue weighted by Crippen LogP contribution is -2.41. The van der Waals surface area contributed by atoms with Crippen molar-refractivity contribution in [2.75, 3.05) is 6.61 Å². The highest BCUT2D eigenvalue weighted by atomic mass is 16.5. The highest BCUT2D eigenvalue weighted by Gasteiger charge is 2.19. The van der Waals surface area contributed by atoms with E-state index in [-0.39, 0.29) is 18.8 Å². The monoisotopic (exact) mass is 251 g/mol. The molecule has 0 saturated carbocycles. The Labute approximate surface area is 110 Å². The first kappa shape index (κ1) is 15.0. The quantitative estimate of drug-likeness (QED) is 0.817. The van der Waals surface area contributed by atoms with Crippen molar-refractivity contribution < 1.29 is 9.84 Å². The fraction of sp³-hybridized carbons (Fsp3) is 0.600. The van der Waals surface area contributed by atoms with Crippen LogP contribution in [-0.4, -0.2) is 23.9 Å². The molecule has 102 valence electrons. The summed E-state index contributed by atoms with van der Waals surface area (Å²) < 4.78 is 5.91. The first-order valence-electron chi connectivity index (χ1n) is 6.63. The molecular weight excluding hydrogens is 226 g/mol. The minimum atomic E-state index is -0.339. The lowest BCUT2D eigenvalue weighted by molar-refractivity contribution is 0.0921. The van der Waals surface area contributed by atoms with Gasteiger partial charge in [-0.15, -0.1) is 0 Å². The van der Waals surface area contributed by atoms with E-state index in [1.54, 1.807) is 0 Å². The van der Waals surface area contributed by atoms with Gasteiger partial charge in [-0.3, -0.25) is 0 Å². The summed E-state index contributed by atoms with van der Waals surface area (Å²) >= 11 is 0. The third kappa shape index (κ3) is 3.72. The highest BCUT2D eigenvalue weighted by Crippen LogP contribution is 2.28. The van der Waals surface area contributed by atoms with Gasteiger partial charge in [0, 0.05) is 6.04 Å². The lowest BCUT2D eigenvalue weighted by atomic mass is 10.0. The Balaban J connectivity index is 2.97. The summed E-state index contributed by atoms with van der Waals surface area (Å²) in [7, 11) is 0. The maximum absolute atomic E-state index is 9.38. The Hall–Kier alpha value is -1.06. The lowest BCUT2D eigenvalue weighted by Gasteiger charge is -2.24. The Kier molecular flexibility index (Phi) is 5.63. The summed E-state index contributed by atoms with van der Waals surface area (Å²) in [5, 5.41) is 9.38. The van der Waals surface area contributed by atoms with Gasteiger partial charge in [0.1, 0.15) is 11.9 Å². The van der Waals surface area contributed by atoms with Crippen LogP contribution in [-0.2, 0) is 0 Å². The number of rotatable bonds is 6. The SMILES string of the molecule is CCC(N)C(CO)Oc1cc(C)ccc1C(C)C. The van der Waals surface area contributed by atoms with Gasteiger partial charge in [0.15, 0.2) is 0 Å². The van der Waals surface area contributed by atoms with Crippen LogP contribution >= 0.6 is 0 Å². The van der Waals surface area contributed by atoms with Gasteiger partial charge in [0.2, 0.25) is 0 Å². The highest BCUT2D eigenvalue weighted by molar-refractivity contribution is 5.39. The molecule has 0 radical (unpaired) electrons. The van der Waals surface area contributed by atoms with Crippen molar-refractivity contribution in [3.63, 3.8) is 0 Å². The molecule has 2 atom stereocenters. The molecule has 0 saturated heterocycles. The topological polar surface area (TPSA) is 55.5 Å². The van der Waals surface area contributed by atoms with Gasteiger partial charge < -0.3 is 15.6 Å². The van der Waals surface area contributed by atoms with Crippen LogP contribution in [0.1, 0.15) is 44.2 Å². The number of hydrogen-bond donors (Lipinski definition) is 2. The Morgan fingerprint density at radius 1 is 1.33 bits per heavy atom. The van der Waals surface area contributed by atoms with E-state index in [1.165, 1.54) is 0 Å². The summed E-state index contributed by atoms with van der Waals surface area (Å²) in [5.41, 5.74) is 8.26. The van der Waals surface area contributed by atoms with Crippen molar-refractivity contribution in [3.8, 4) is 5.75 Å². The molecule has 1 aromatic rings. The van der Waals surface area contributed by atoms with E-state index in [0.29, 0.717) is 5.92 Å². The van der Waals surface area contributed by atoms with Gasteiger partial charge in [-0.1, -0.05) is 32.9 Å². The predicted molar refractivity (Wildman–Crippen MR) is 75.0 cm³/mol. The molecule has 0 aromatic heterocycles. The first-order valence-corrected chi connectivity index (χ1v) is 6.63. The Bertz CT molecular complexity index is 377.